The fourth-order valence-electron chi connectivity index (χ4n) is 1.60. The van der Waals surface area contributed by atoms with Crippen LogP contribution in [0.15, 0.2) is 0 Å². The van der Waals surface area contributed by atoms with E-state index in [0.29, 0.717) is 6.61 Å². The lowest BCUT2D eigenvalue weighted by molar-refractivity contribution is 0.0470. The van der Waals surface area contributed by atoms with Gasteiger partial charge in [-0.3, -0.25) is 4.57 Å². The fourth-order valence-corrected chi connectivity index (χ4v) is 1.60. The average Bonchev–Trinajstić information content (AvgIpc) is 2.57. The van der Waals surface area contributed by atoms with Gasteiger partial charge in [-0.05, 0) is 27.7 Å². The monoisotopic (exact) mass is 256 g/mol. The van der Waals surface area contributed by atoms with Crippen molar-refractivity contribution >= 4 is 5.97 Å². The maximum atomic E-state index is 11.9. The molecule has 0 unspecified atom stereocenters. The Kier molecular flexibility index (Phi) is 4.34. The lowest BCUT2D eigenvalue weighted by Gasteiger charge is -2.16. The van der Waals surface area contributed by atoms with Gasteiger partial charge in [0.1, 0.15) is 11.3 Å². The van der Waals surface area contributed by atoms with Gasteiger partial charge >= 0.3 is 5.97 Å². The zero-order valence-electron chi connectivity index (χ0n) is 11.5. The normalized spacial score (nSPS) is 11.4. The molecule has 18 heavy (non-hydrogen) atoms. The van der Waals surface area contributed by atoms with Gasteiger partial charge in [-0.2, -0.15) is 4.98 Å². The zero-order chi connectivity index (χ0) is 13.9. The van der Waals surface area contributed by atoms with Crippen molar-refractivity contribution < 1.29 is 19.4 Å². The smallest absolute Gasteiger partial charge is 0.357 e. The Morgan fingerprint density at radius 2 is 2.00 bits per heavy atom. The van der Waals surface area contributed by atoms with Crippen LogP contribution in [0.25, 0.3) is 0 Å². The van der Waals surface area contributed by atoms with Crippen molar-refractivity contribution in [2.24, 2.45) is 7.05 Å². The van der Waals surface area contributed by atoms with Crippen LogP contribution in [-0.4, -0.2) is 33.8 Å². The Bertz CT molecular complexity index is 432. The molecule has 0 radical (unpaired) electrons. The van der Waals surface area contributed by atoms with Gasteiger partial charge < -0.3 is 14.6 Å². The van der Waals surface area contributed by atoms with Crippen molar-refractivity contribution in [3.8, 4) is 6.01 Å². The minimum atomic E-state index is -1.24. The van der Waals surface area contributed by atoms with E-state index in [2.05, 4.69) is 4.98 Å². The van der Waals surface area contributed by atoms with E-state index in [1.54, 1.807) is 27.8 Å². The molecule has 1 heterocycles. The van der Waals surface area contributed by atoms with Gasteiger partial charge in [0.05, 0.1) is 13.2 Å². The number of hydrogen-bond acceptors (Lipinski definition) is 5. The molecule has 1 aromatic heterocycles. The molecule has 1 N–H and O–H groups in total. The fraction of sp³-hybridized carbons (Fsp3) is 0.667. The van der Waals surface area contributed by atoms with Crippen LogP contribution in [0, 0.1) is 0 Å². The van der Waals surface area contributed by atoms with Crippen LogP contribution in [0.3, 0.4) is 0 Å². The third-order valence-electron chi connectivity index (χ3n) is 2.38. The number of aromatic nitrogens is 2. The second-order valence-electron chi connectivity index (χ2n) is 4.36. The first-order valence-electron chi connectivity index (χ1n) is 5.92. The molecule has 0 fully saturated rings. The highest BCUT2D eigenvalue weighted by molar-refractivity contribution is 5.89. The molecule has 0 bridgehead atoms. The van der Waals surface area contributed by atoms with Crippen LogP contribution in [-0.2, 0) is 17.4 Å². The molecule has 1 aromatic rings. The first-order valence-corrected chi connectivity index (χ1v) is 5.92. The highest BCUT2D eigenvalue weighted by Crippen LogP contribution is 2.27. The second-order valence-corrected chi connectivity index (χ2v) is 4.36. The summed E-state index contributed by atoms with van der Waals surface area (Å²) >= 11 is 0. The van der Waals surface area contributed by atoms with Crippen molar-refractivity contribution in [3.05, 3.63) is 11.4 Å². The van der Waals surface area contributed by atoms with Crippen LogP contribution < -0.4 is 4.74 Å². The van der Waals surface area contributed by atoms with E-state index in [-0.39, 0.29) is 24.0 Å². The standard InChI is InChI=1S/C12H20N2O4/c1-6-17-10(15)8-9(12(3,4)16)13-11(14(8)5)18-7-2/h16H,6-7H2,1-5H3. The summed E-state index contributed by atoms with van der Waals surface area (Å²) in [6.45, 7) is 7.36. The molecule has 0 atom stereocenters. The minimum Gasteiger partial charge on any atom is -0.465 e. The average molecular weight is 256 g/mol. The Balaban J connectivity index is 3.31. The van der Waals surface area contributed by atoms with Gasteiger partial charge in [0, 0.05) is 7.05 Å². The van der Waals surface area contributed by atoms with Crippen LogP contribution in [0.1, 0.15) is 43.9 Å². The van der Waals surface area contributed by atoms with Gasteiger partial charge in [-0.25, -0.2) is 4.79 Å². The number of aliphatic hydroxyl groups is 1. The summed E-state index contributed by atoms with van der Waals surface area (Å²) in [7, 11) is 1.65. The summed E-state index contributed by atoms with van der Waals surface area (Å²) in [4.78, 5) is 16.1. The lowest BCUT2D eigenvalue weighted by Crippen LogP contribution is -2.22. The van der Waals surface area contributed by atoms with Gasteiger partial charge in [0.25, 0.3) is 6.01 Å². The Morgan fingerprint density at radius 3 is 2.44 bits per heavy atom. The van der Waals surface area contributed by atoms with Crippen LogP contribution >= 0.6 is 0 Å². The number of imidazole rings is 1. The minimum absolute atomic E-state index is 0.216. The molecule has 1 rings (SSSR count). The van der Waals surface area contributed by atoms with Gasteiger partial charge in [0.15, 0.2) is 5.69 Å². The van der Waals surface area contributed by atoms with Crippen molar-refractivity contribution in [1.82, 2.24) is 9.55 Å². The van der Waals surface area contributed by atoms with E-state index in [9.17, 15) is 9.90 Å². The predicted octanol–water partition coefficient (Wildman–Crippen LogP) is 1.22. The highest BCUT2D eigenvalue weighted by atomic mass is 16.5. The number of rotatable bonds is 5. The van der Waals surface area contributed by atoms with Gasteiger partial charge in [-0.1, -0.05) is 0 Å². The van der Waals surface area contributed by atoms with Crippen LogP contribution in [0.2, 0.25) is 0 Å². The predicted molar refractivity (Wildman–Crippen MR) is 65.6 cm³/mol. The summed E-state index contributed by atoms with van der Waals surface area (Å²) < 4.78 is 11.8. The summed E-state index contributed by atoms with van der Waals surface area (Å²) in [5.41, 5.74) is -0.769. The van der Waals surface area contributed by atoms with E-state index in [0.717, 1.165) is 0 Å². The Labute approximate surface area is 107 Å². The summed E-state index contributed by atoms with van der Waals surface area (Å²) in [5, 5.41) is 10.1. The summed E-state index contributed by atoms with van der Waals surface area (Å²) in [5.74, 6) is -0.518. The number of nitrogens with zero attached hydrogens (tertiary/aromatic N) is 2. The summed E-state index contributed by atoms with van der Waals surface area (Å²) in [6.07, 6.45) is 0. The molecule has 102 valence electrons. The SMILES string of the molecule is CCOC(=O)c1c(C(C)(C)O)nc(OCC)n1C. The second kappa shape index (κ2) is 5.39. The molecular weight excluding hydrogens is 236 g/mol. The Hall–Kier alpha value is -1.56. The first kappa shape index (κ1) is 14.5. The number of esters is 1. The Morgan fingerprint density at radius 1 is 1.39 bits per heavy atom. The topological polar surface area (TPSA) is 73.6 Å². The maximum Gasteiger partial charge on any atom is 0.357 e. The molecular formula is C12H20N2O4. The van der Waals surface area contributed by atoms with Crippen molar-refractivity contribution in [3.63, 3.8) is 0 Å². The third-order valence-corrected chi connectivity index (χ3v) is 2.38. The lowest BCUT2D eigenvalue weighted by atomic mass is 10.0. The molecule has 0 aliphatic heterocycles. The van der Waals surface area contributed by atoms with Crippen LogP contribution in [0.4, 0.5) is 0 Å². The van der Waals surface area contributed by atoms with E-state index in [4.69, 9.17) is 9.47 Å². The molecule has 0 spiro atoms. The van der Waals surface area contributed by atoms with Crippen molar-refractivity contribution in [1.29, 1.82) is 0 Å². The molecule has 6 nitrogen and oxygen atoms in total. The number of carbonyl (C=O) groups excluding carboxylic acids is 1. The van der Waals surface area contributed by atoms with Crippen LogP contribution in [0.5, 0.6) is 6.01 Å². The molecule has 0 aliphatic carbocycles. The number of hydrogen-bond donors (Lipinski definition) is 1. The molecule has 0 saturated carbocycles. The summed E-state index contributed by atoms with van der Waals surface area (Å²) in [6, 6.07) is 0.290. The number of ether oxygens (including phenoxy) is 2. The molecule has 0 aliphatic rings. The van der Waals surface area contributed by atoms with Gasteiger partial charge in [0.2, 0.25) is 0 Å². The molecule has 0 saturated heterocycles. The zero-order valence-corrected chi connectivity index (χ0v) is 11.5. The molecule has 6 heteroatoms. The quantitative estimate of drug-likeness (QED) is 0.802. The van der Waals surface area contributed by atoms with E-state index in [1.165, 1.54) is 4.57 Å². The molecule has 0 aromatic carbocycles. The van der Waals surface area contributed by atoms with E-state index >= 15 is 0 Å². The molecule has 0 amide bonds. The largest absolute Gasteiger partial charge is 0.465 e. The van der Waals surface area contributed by atoms with E-state index < -0.39 is 11.6 Å². The third kappa shape index (κ3) is 2.81. The highest BCUT2D eigenvalue weighted by Gasteiger charge is 2.31. The first-order chi connectivity index (χ1) is 8.32. The van der Waals surface area contributed by atoms with Gasteiger partial charge in [-0.15, -0.1) is 0 Å². The van der Waals surface area contributed by atoms with Crippen molar-refractivity contribution in [2.75, 3.05) is 13.2 Å². The van der Waals surface area contributed by atoms with E-state index in [1.807, 2.05) is 6.92 Å². The van der Waals surface area contributed by atoms with Crippen molar-refractivity contribution in [2.45, 2.75) is 33.3 Å². The maximum absolute atomic E-state index is 11.9. The number of carbonyl (C=O) groups is 1.